The van der Waals surface area contributed by atoms with Crippen LogP contribution in [-0.2, 0) is 10.3 Å². The van der Waals surface area contributed by atoms with Crippen LogP contribution in [0.3, 0.4) is 0 Å². The zero-order chi connectivity index (χ0) is 24.0. The van der Waals surface area contributed by atoms with Crippen LogP contribution >= 0.6 is 11.6 Å². The maximum Gasteiger partial charge on any atom is 0.339 e. The second kappa shape index (κ2) is 8.25. The van der Waals surface area contributed by atoms with E-state index in [0.29, 0.717) is 34.8 Å². The molecule has 172 valence electrons. The summed E-state index contributed by atoms with van der Waals surface area (Å²) >= 11 is 6.42. The van der Waals surface area contributed by atoms with Gasteiger partial charge < -0.3 is 14.5 Å². The molecule has 1 saturated heterocycles. The minimum Gasteiger partial charge on any atom is -0.449 e. The van der Waals surface area contributed by atoms with Crippen molar-refractivity contribution < 1.29 is 19.1 Å². The average molecular weight is 476 g/mol. The normalized spacial score (nSPS) is 18.7. The largest absolute Gasteiger partial charge is 0.449 e. The molecule has 0 radical (unpaired) electrons. The summed E-state index contributed by atoms with van der Waals surface area (Å²) in [7, 11) is 3.34. The van der Waals surface area contributed by atoms with E-state index in [2.05, 4.69) is 4.98 Å². The van der Waals surface area contributed by atoms with Crippen LogP contribution in [0.2, 0.25) is 5.02 Å². The van der Waals surface area contributed by atoms with E-state index in [-0.39, 0.29) is 24.3 Å². The highest BCUT2D eigenvalue weighted by Crippen LogP contribution is 2.43. The van der Waals surface area contributed by atoms with Crippen LogP contribution in [0.25, 0.3) is 11.1 Å². The van der Waals surface area contributed by atoms with Gasteiger partial charge in [-0.1, -0.05) is 41.9 Å². The van der Waals surface area contributed by atoms with Crippen LogP contribution in [0.1, 0.15) is 43.2 Å². The quantitative estimate of drug-likeness (QED) is 0.535. The molecule has 2 aromatic carbocycles. The zero-order valence-electron chi connectivity index (χ0n) is 18.7. The van der Waals surface area contributed by atoms with Crippen molar-refractivity contribution in [3.63, 3.8) is 0 Å². The summed E-state index contributed by atoms with van der Waals surface area (Å²) in [5, 5.41) is 0.339. The molecule has 1 spiro atoms. The number of hydrogen-bond acceptors (Lipinski definition) is 5. The number of rotatable bonds is 3. The molecule has 1 fully saturated rings. The van der Waals surface area contributed by atoms with E-state index < -0.39 is 5.60 Å². The molecule has 1 aromatic heterocycles. The Hall–Kier alpha value is -3.71. The number of esters is 1. The fourth-order valence-electron chi connectivity index (χ4n) is 4.56. The van der Waals surface area contributed by atoms with Gasteiger partial charge >= 0.3 is 5.97 Å². The molecule has 0 unspecified atom stereocenters. The third-order valence-electron chi connectivity index (χ3n) is 6.36. The maximum absolute atomic E-state index is 13.4. The molecule has 2 aliphatic rings. The minimum absolute atomic E-state index is 0.185. The highest BCUT2D eigenvalue weighted by atomic mass is 35.5. The van der Waals surface area contributed by atoms with Crippen molar-refractivity contribution in [2.75, 3.05) is 27.2 Å². The number of ether oxygens (including phenoxy) is 1. The molecule has 2 amide bonds. The van der Waals surface area contributed by atoms with E-state index in [0.717, 1.165) is 16.7 Å². The third-order valence-corrected chi connectivity index (χ3v) is 6.69. The number of carbonyl (C=O) groups is 3. The Morgan fingerprint density at radius 1 is 1.09 bits per heavy atom. The molecule has 2 aliphatic heterocycles. The number of likely N-dealkylation sites (tertiary alicyclic amines) is 1. The van der Waals surface area contributed by atoms with Gasteiger partial charge in [0, 0.05) is 44.4 Å². The van der Waals surface area contributed by atoms with Crippen LogP contribution in [0, 0.1) is 0 Å². The lowest BCUT2D eigenvalue weighted by Crippen LogP contribution is -2.34. The molecule has 34 heavy (non-hydrogen) atoms. The fraction of sp³-hybridized carbons (Fsp3) is 0.231. The van der Waals surface area contributed by atoms with Gasteiger partial charge in [0.25, 0.3) is 11.8 Å². The lowest BCUT2D eigenvalue weighted by atomic mass is 9.91. The molecule has 3 heterocycles. The van der Waals surface area contributed by atoms with Gasteiger partial charge in [-0.15, -0.1) is 0 Å². The Balaban J connectivity index is 1.40. The molecule has 0 aliphatic carbocycles. The van der Waals surface area contributed by atoms with Gasteiger partial charge in [-0.05, 0) is 29.8 Å². The van der Waals surface area contributed by atoms with Crippen LogP contribution in [0.15, 0.2) is 60.8 Å². The van der Waals surface area contributed by atoms with Crippen LogP contribution in [0.5, 0.6) is 0 Å². The second-order valence-electron chi connectivity index (χ2n) is 8.73. The summed E-state index contributed by atoms with van der Waals surface area (Å²) in [5.74, 6) is -0.763. The van der Waals surface area contributed by atoms with Gasteiger partial charge in [0.2, 0.25) is 0 Å². The Labute approximate surface area is 201 Å². The molecule has 0 N–H and O–H groups in total. The van der Waals surface area contributed by atoms with Gasteiger partial charge in [-0.3, -0.25) is 14.6 Å². The Morgan fingerprint density at radius 3 is 2.59 bits per heavy atom. The number of nitrogens with zero attached hydrogens (tertiary/aromatic N) is 3. The Bertz CT molecular complexity index is 1320. The van der Waals surface area contributed by atoms with Crippen LogP contribution in [0.4, 0.5) is 0 Å². The smallest absolute Gasteiger partial charge is 0.339 e. The molecule has 7 nitrogen and oxygen atoms in total. The third kappa shape index (κ3) is 3.62. The highest BCUT2D eigenvalue weighted by Gasteiger charge is 2.51. The first kappa shape index (κ1) is 22.1. The van der Waals surface area contributed by atoms with E-state index in [1.807, 2.05) is 18.2 Å². The lowest BCUT2D eigenvalue weighted by molar-refractivity contribution is -0.00306. The van der Waals surface area contributed by atoms with Crippen molar-refractivity contribution in [1.29, 1.82) is 0 Å². The molecule has 1 atom stereocenters. The van der Waals surface area contributed by atoms with Gasteiger partial charge in [-0.2, -0.15) is 0 Å². The van der Waals surface area contributed by atoms with Crippen molar-refractivity contribution in [3.8, 4) is 11.1 Å². The van der Waals surface area contributed by atoms with E-state index in [4.69, 9.17) is 16.3 Å². The molecule has 8 heteroatoms. The monoisotopic (exact) mass is 475 g/mol. The number of pyridine rings is 1. The first-order chi connectivity index (χ1) is 16.3. The molecule has 5 rings (SSSR count). The number of hydrogen-bond donors (Lipinski definition) is 0. The Kier molecular flexibility index (Phi) is 5.37. The first-order valence-corrected chi connectivity index (χ1v) is 11.3. The SMILES string of the molecule is CN(C)C(=O)c1ccc(-c2ccc(Cl)c(C(=O)N3CC[C@@]4(C3)OC(=O)c3ccccc34)c2)cn1. The highest BCUT2D eigenvalue weighted by molar-refractivity contribution is 6.34. The van der Waals surface area contributed by atoms with Gasteiger partial charge in [0.05, 0.1) is 22.7 Å². The summed E-state index contributed by atoms with van der Waals surface area (Å²) in [6.07, 6.45) is 2.14. The maximum atomic E-state index is 13.4. The number of aromatic nitrogens is 1. The van der Waals surface area contributed by atoms with E-state index >= 15 is 0 Å². The summed E-state index contributed by atoms with van der Waals surface area (Å²) < 4.78 is 5.76. The number of amides is 2. The summed E-state index contributed by atoms with van der Waals surface area (Å²) in [6, 6.07) is 16.0. The predicted molar refractivity (Wildman–Crippen MR) is 127 cm³/mol. The van der Waals surface area contributed by atoms with Gasteiger partial charge in [-0.25, -0.2) is 4.79 Å². The minimum atomic E-state index is -0.813. The summed E-state index contributed by atoms with van der Waals surface area (Å²) in [6.45, 7) is 0.724. The lowest BCUT2D eigenvalue weighted by Gasteiger charge is -2.24. The number of carbonyl (C=O) groups excluding carboxylic acids is 3. The van der Waals surface area contributed by atoms with Gasteiger partial charge in [0.15, 0.2) is 5.60 Å². The average Bonchev–Trinajstić information content (AvgIpc) is 3.40. The number of halogens is 1. The summed E-state index contributed by atoms with van der Waals surface area (Å²) in [5.41, 5.74) is 2.80. The van der Waals surface area contributed by atoms with Crippen molar-refractivity contribution in [2.45, 2.75) is 12.0 Å². The van der Waals surface area contributed by atoms with Gasteiger partial charge in [0.1, 0.15) is 5.69 Å². The molecular weight excluding hydrogens is 454 g/mol. The standard InChI is InChI=1S/C26H22ClN3O4/c1-29(2)24(32)22-10-8-17(14-28-22)16-7-9-21(27)19(13-16)23(31)30-12-11-26(15-30)20-6-4-3-5-18(20)25(33)34-26/h3-10,13-14H,11-12,15H2,1-2H3/t26-/m0/s1. The van der Waals surface area contributed by atoms with E-state index in [1.54, 1.807) is 61.6 Å². The van der Waals surface area contributed by atoms with Crippen molar-refractivity contribution in [3.05, 3.63) is 88.2 Å². The van der Waals surface area contributed by atoms with E-state index in [9.17, 15) is 14.4 Å². The van der Waals surface area contributed by atoms with Crippen LogP contribution < -0.4 is 0 Å². The number of fused-ring (bicyclic) bond motifs is 2. The molecule has 0 saturated carbocycles. The first-order valence-electron chi connectivity index (χ1n) is 10.9. The fourth-order valence-corrected chi connectivity index (χ4v) is 4.76. The second-order valence-corrected chi connectivity index (χ2v) is 9.14. The molecule has 3 aromatic rings. The molecule has 0 bridgehead atoms. The predicted octanol–water partition coefficient (Wildman–Crippen LogP) is 4.02. The number of benzene rings is 2. The van der Waals surface area contributed by atoms with Crippen molar-refractivity contribution in [2.24, 2.45) is 0 Å². The Morgan fingerprint density at radius 2 is 1.85 bits per heavy atom. The van der Waals surface area contributed by atoms with Crippen LogP contribution in [-0.4, -0.2) is 59.8 Å². The molecular formula is C26H22ClN3O4. The van der Waals surface area contributed by atoms with Crippen molar-refractivity contribution in [1.82, 2.24) is 14.8 Å². The van der Waals surface area contributed by atoms with E-state index in [1.165, 1.54) is 4.90 Å². The zero-order valence-corrected chi connectivity index (χ0v) is 19.5. The topological polar surface area (TPSA) is 79.8 Å². The van der Waals surface area contributed by atoms with Crippen molar-refractivity contribution >= 4 is 29.4 Å². The summed E-state index contributed by atoms with van der Waals surface area (Å²) in [4.78, 5) is 45.3.